The Morgan fingerprint density at radius 2 is 0.909 bits per heavy atom. The summed E-state index contributed by atoms with van der Waals surface area (Å²) in [7, 11) is 0. The van der Waals surface area contributed by atoms with Crippen LogP contribution in [0.2, 0.25) is 0 Å². The van der Waals surface area contributed by atoms with Crippen LogP contribution < -0.4 is 0 Å². The highest BCUT2D eigenvalue weighted by atomic mass is 35.5. The van der Waals surface area contributed by atoms with Crippen molar-refractivity contribution in [3.63, 3.8) is 0 Å². The number of aliphatic hydroxyl groups is 2. The second kappa shape index (κ2) is 11.5. The third-order valence-electron chi connectivity index (χ3n) is 3.59. The van der Waals surface area contributed by atoms with Gasteiger partial charge < -0.3 is 10.2 Å². The first kappa shape index (κ1) is 20.9. The van der Waals surface area contributed by atoms with Gasteiger partial charge in [-0.05, 0) is 36.8 Å². The van der Waals surface area contributed by atoms with E-state index in [0.29, 0.717) is 12.8 Å². The summed E-state index contributed by atoms with van der Waals surface area (Å²) in [6.07, 6.45) is 1.48. The van der Waals surface area contributed by atoms with Crippen molar-refractivity contribution in [2.45, 2.75) is 37.9 Å². The van der Waals surface area contributed by atoms with E-state index in [-0.39, 0.29) is 24.8 Å². The fraction of sp³-hybridized carbons (Fsp3) is 0.333. The fourth-order valence-corrected chi connectivity index (χ4v) is 2.30. The topological polar surface area (TPSA) is 40.5 Å². The summed E-state index contributed by atoms with van der Waals surface area (Å²) in [4.78, 5) is 0. The third-order valence-corrected chi connectivity index (χ3v) is 3.59. The number of rotatable bonds is 7. The summed E-state index contributed by atoms with van der Waals surface area (Å²) in [5.41, 5.74) is 2.39. The summed E-state index contributed by atoms with van der Waals surface area (Å²) >= 11 is 0. The van der Waals surface area contributed by atoms with E-state index in [9.17, 15) is 10.2 Å². The molecule has 0 spiro atoms. The number of halogens is 2. The standard InChI is InChI=1S/C18H22O2.2ClH/c19-17(13-11-15-7-3-1-4-8-15)18(20)14-12-16-9-5-2-6-10-16;;/h1-10,17-20H,11-14H2;2*1H/t17-,18-;;/m1../s1. The molecule has 0 aliphatic rings. The lowest BCUT2D eigenvalue weighted by atomic mass is 9.99. The Labute approximate surface area is 145 Å². The zero-order valence-electron chi connectivity index (χ0n) is 12.5. The summed E-state index contributed by atoms with van der Waals surface area (Å²) in [6, 6.07) is 20.1. The molecule has 122 valence electrons. The molecule has 0 saturated carbocycles. The first-order valence-corrected chi connectivity index (χ1v) is 7.19. The maximum atomic E-state index is 10.0. The number of aliphatic hydroxyl groups excluding tert-OH is 2. The van der Waals surface area contributed by atoms with Crippen LogP contribution in [0.15, 0.2) is 60.7 Å². The average Bonchev–Trinajstić information content (AvgIpc) is 2.52. The first-order valence-electron chi connectivity index (χ1n) is 7.19. The Morgan fingerprint density at radius 1 is 0.591 bits per heavy atom. The van der Waals surface area contributed by atoms with Gasteiger partial charge in [0.25, 0.3) is 0 Å². The molecule has 0 radical (unpaired) electrons. The van der Waals surface area contributed by atoms with Crippen LogP contribution in [0.4, 0.5) is 0 Å². The first-order chi connectivity index (χ1) is 9.75. The Bertz CT molecular complexity index is 443. The highest BCUT2D eigenvalue weighted by Gasteiger charge is 2.15. The average molecular weight is 343 g/mol. The molecule has 0 bridgehead atoms. The molecule has 0 aliphatic heterocycles. The minimum Gasteiger partial charge on any atom is -0.390 e. The number of benzene rings is 2. The highest BCUT2D eigenvalue weighted by molar-refractivity contribution is 5.85. The molecule has 0 aliphatic carbocycles. The van der Waals surface area contributed by atoms with Gasteiger partial charge in [-0.25, -0.2) is 0 Å². The van der Waals surface area contributed by atoms with Crippen LogP contribution in [0.1, 0.15) is 24.0 Å². The zero-order valence-corrected chi connectivity index (χ0v) is 14.1. The van der Waals surface area contributed by atoms with Crippen molar-refractivity contribution < 1.29 is 10.2 Å². The molecule has 0 fully saturated rings. The molecule has 4 heteroatoms. The highest BCUT2D eigenvalue weighted by Crippen LogP contribution is 2.12. The van der Waals surface area contributed by atoms with E-state index in [4.69, 9.17) is 0 Å². The Hall–Kier alpha value is -1.06. The van der Waals surface area contributed by atoms with Crippen LogP contribution in [0.5, 0.6) is 0 Å². The molecule has 0 aromatic heterocycles. The molecule has 2 aromatic rings. The van der Waals surface area contributed by atoms with Gasteiger partial charge in [0.2, 0.25) is 0 Å². The van der Waals surface area contributed by atoms with Crippen LogP contribution in [-0.4, -0.2) is 22.4 Å². The van der Waals surface area contributed by atoms with Crippen molar-refractivity contribution in [3.05, 3.63) is 71.8 Å². The van der Waals surface area contributed by atoms with E-state index in [1.54, 1.807) is 0 Å². The number of hydrogen-bond donors (Lipinski definition) is 2. The van der Waals surface area contributed by atoms with Gasteiger partial charge in [0.05, 0.1) is 12.2 Å². The lowest BCUT2D eigenvalue weighted by Crippen LogP contribution is -2.26. The van der Waals surface area contributed by atoms with Crippen molar-refractivity contribution in [1.82, 2.24) is 0 Å². The van der Waals surface area contributed by atoms with Crippen molar-refractivity contribution in [3.8, 4) is 0 Å². The normalized spacial score (nSPS) is 12.6. The smallest absolute Gasteiger partial charge is 0.0802 e. The quantitative estimate of drug-likeness (QED) is 0.802. The third kappa shape index (κ3) is 7.28. The van der Waals surface area contributed by atoms with Crippen LogP contribution in [0.25, 0.3) is 0 Å². The van der Waals surface area contributed by atoms with Crippen LogP contribution >= 0.6 is 24.8 Å². The second-order valence-corrected chi connectivity index (χ2v) is 5.18. The lowest BCUT2D eigenvalue weighted by Gasteiger charge is -2.17. The van der Waals surface area contributed by atoms with E-state index in [0.717, 1.165) is 12.8 Å². The van der Waals surface area contributed by atoms with Crippen LogP contribution in [0.3, 0.4) is 0 Å². The molecule has 0 heterocycles. The number of hydrogen-bond acceptors (Lipinski definition) is 2. The summed E-state index contributed by atoms with van der Waals surface area (Å²) in [6.45, 7) is 0. The van der Waals surface area contributed by atoms with Gasteiger partial charge >= 0.3 is 0 Å². The van der Waals surface area contributed by atoms with E-state index < -0.39 is 12.2 Å². The predicted octanol–water partition coefficient (Wildman–Crippen LogP) is 3.82. The SMILES string of the molecule is Cl.Cl.O[C@H](CCc1ccccc1)[C@H](O)CCc1ccccc1. The van der Waals surface area contributed by atoms with Crippen molar-refractivity contribution >= 4 is 24.8 Å². The minimum absolute atomic E-state index is 0. The monoisotopic (exact) mass is 342 g/mol. The molecule has 22 heavy (non-hydrogen) atoms. The van der Waals surface area contributed by atoms with Gasteiger partial charge in [-0.15, -0.1) is 24.8 Å². The molecule has 2 atom stereocenters. The fourth-order valence-electron chi connectivity index (χ4n) is 2.30. The van der Waals surface area contributed by atoms with Gasteiger partial charge in [0.15, 0.2) is 0 Å². The Morgan fingerprint density at radius 3 is 1.23 bits per heavy atom. The molecular formula is C18H24Cl2O2. The molecule has 0 saturated heterocycles. The Balaban J connectivity index is 0.00000220. The predicted molar refractivity (Wildman–Crippen MR) is 96.0 cm³/mol. The molecular weight excluding hydrogens is 319 g/mol. The minimum atomic E-state index is -0.654. The van der Waals surface area contributed by atoms with Gasteiger partial charge in [0.1, 0.15) is 0 Å². The maximum Gasteiger partial charge on any atom is 0.0802 e. The largest absolute Gasteiger partial charge is 0.390 e. The molecule has 0 amide bonds. The van der Waals surface area contributed by atoms with E-state index >= 15 is 0 Å². The van der Waals surface area contributed by atoms with Crippen molar-refractivity contribution in [2.24, 2.45) is 0 Å². The zero-order chi connectivity index (χ0) is 14.2. The molecule has 2 rings (SSSR count). The summed E-state index contributed by atoms with van der Waals surface area (Å²) < 4.78 is 0. The summed E-state index contributed by atoms with van der Waals surface area (Å²) in [5, 5.41) is 20.0. The molecule has 2 nitrogen and oxygen atoms in total. The van der Waals surface area contributed by atoms with Gasteiger partial charge in [0, 0.05) is 0 Å². The van der Waals surface area contributed by atoms with E-state index in [1.807, 2.05) is 60.7 Å². The van der Waals surface area contributed by atoms with E-state index in [2.05, 4.69) is 0 Å². The van der Waals surface area contributed by atoms with Gasteiger partial charge in [-0.2, -0.15) is 0 Å². The van der Waals surface area contributed by atoms with Crippen molar-refractivity contribution in [2.75, 3.05) is 0 Å². The number of aryl methyl sites for hydroxylation is 2. The van der Waals surface area contributed by atoms with Crippen LogP contribution in [0, 0.1) is 0 Å². The molecule has 2 aromatic carbocycles. The van der Waals surface area contributed by atoms with Gasteiger partial charge in [-0.3, -0.25) is 0 Å². The van der Waals surface area contributed by atoms with Crippen molar-refractivity contribution in [1.29, 1.82) is 0 Å². The lowest BCUT2D eigenvalue weighted by molar-refractivity contribution is 0.0104. The Kier molecular flexibility index (Phi) is 10.9. The maximum absolute atomic E-state index is 10.0. The molecule has 0 unspecified atom stereocenters. The van der Waals surface area contributed by atoms with Gasteiger partial charge in [-0.1, -0.05) is 60.7 Å². The van der Waals surface area contributed by atoms with E-state index in [1.165, 1.54) is 11.1 Å². The van der Waals surface area contributed by atoms with Crippen LogP contribution in [-0.2, 0) is 12.8 Å². The second-order valence-electron chi connectivity index (χ2n) is 5.18. The molecule has 2 N–H and O–H groups in total. The summed E-state index contributed by atoms with van der Waals surface area (Å²) in [5.74, 6) is 0.